The maximum atomic E-state index is 6.24. The van der Waals surface area contributed by atoms with Gasteiger partial charge in [0.05, 0.1) is 0 Å². The minimum Gasteiger partial charge on any atom is -0.326 e. The molecule has 1 fully saturated rings. The van der Waals surface area contributed by atoms with Crippen LogP contribution in [0.4, 0.5) is 0 Å². The highest BCUT2D eigenvalue weighted by Crippen LogP contribution is 2.16. The van der Waals surface area contributed by atoms with Crippen molar-refractivity contribution < 1.29 is 0 Å². The molecular formula is C16H26N2. The van der Waals surface area contributed by atoms with Gasteiger partial charge in [0, 0.05) is 12.6 Å². The zero-order valence-corrected chi connectivity index (χ0v) is 11.7. The zero-order valence-electron chi connectivity index (χ0n) is 11.7. The lowest BCUT2D eigenvalue weighted by molar-refractivity contribution is 0.313. The van der Waals surface area contributed by atoms with Crippen LogP contribution in [0.5, 0.6) is 0 Å². The van der Waals surface area contributed by atoms with Crippen LogP contribution in [-0.2, 0) is 6.42 Å². The van der Waals surface area contributed by atoms with Crippen molar-refractivity contribution >= 4 is 0 Å². The maximum absolute atomic E-state index is 6.24. The Bertz CT molecular complexity index is 350. The van der Waals surface area contributed by atoms with Crippen molar-refractivity contribution in [3.63, 3.8) is 0 Å². The molecule has 0 bridgehead atoms. The molecule has 2 rings (SSSR count). The van der Waals surface area contributed by atoms with Gasteiger partial charge in [-0.1, -0.05) is 38.1 Å². The van der Waals surface area contributed by atoms with Gasteiger partial charge in [0.1, 0.15) is 0 Å². The van der Waals surface area contributed by atoms with Crippen molar-refractivity contribution in [1.82, 2.24) is 4.90 Å². The average molecular weight is 246 g/mol. The number of hydrogen-bond donors (Lipinski definition) is 1. The second kappa shape index (κ2) is 6.35. The van der Waals surface area contributed by atoms with E-state index in [9.17, 15) is 0 Å². The SMILES string of the molecule is CC(C)c1ccc(CC(N)CN2CCCC2)cc1. The minimum atomic E-state index is 0.271. The Hall–Kier alpha value is -0.860. The summed E-state index contributed by atoms with van der Waals surface area (Å²) in [7, 11) is 0. The molecule has 1 aliphatic rings. The molecule has 2 heteroatoms. The van der Waals surface area contributed by atoms with Crippen molar-refractivity contribution in [3.8, 4) is 0 Å². The summed E-state index contributed by atoms with van der Waals surface area (Å²) in [6.45, 7) is 7.98. The van der Waals surface area contributed by atoms with E-state index in [1.807, 2.05) is 0 Å². The Labute approximate surface area is 111 Å². The van der Waals surface area contributed by atoms with E-state index in [-0.39, 0.29) is 6.04 Å². The van der Waals surface area contributed by atoms with Crippen LogP contribution < -0.4 is 5.73 Å². The fourth-order valence-electron chi connectivity index (χ4n) is 2.70. The van der Waals surface area contributed by atoms with Gasteiger partial charge in [-0.2, -0.15) is 0 Å². The number of rotatable bonds is 5. The molecule has 1 atom stereocenters. The molecule has 1 aliphatic heterocycles. The van der Waals surface area contributed by atoms with Crippen LogP contribution in [-0.4, -0.2) is 30.6 Å². The van der Waals surface area contributed by atoms with E-state index in [0.29, 0.717) is 5.92 Å². The van der Waals surface area contributed by atoms with Gasteiger partial charge in [-0.05, 0) is 49.4 Å². The highest BCUT2D eigenvalue weighted by molar-refractivity contribution is 5.25. The summed E-state index contributed by atoms with van der Waals surface area (Å²) in [5.74, 6) is 0.609. The Balaban J connectivity index is 1.84. The maximum Gasteiger partial charge on any atom is 0.0208 e. The first-order valence-electron chi connectivity index (χ1n) is 7.22. The Kier molecular flexibility index (Phi) is 4.79. The van der Waals surface area contributed by atoms with Crippen molar-refractivity contribution in [2.45, 2.75) is 45.1 Å². The van der Waals surface area contributed by atoms with Crippen LogP contribution in [0.15, 0.2) is 24.3 Å². The van der Waals surface area contributed by atoms with Crippen LogP contribution in [0.2, 0.25) is 0 Å². The van der Waals surface area contributed by atoms with Crippen LogP contribution in [0.25, 0.3) is 0 Å². The highest BCUT2D eigenvalue weighted by Gasteiger charge is 2.15. The number of benzene rings is 1. The summed E-state index contributed by atoms with van der Waals surface area (Å²) in [6.07, 6.45) is 3.68. The van der Waals surface area contributed by atoms with Gasteiger partial charge in [-0.15, -0.1) is 0 Å². The third-order valence-corrected chi connectivity index (χ3v) is 3.84. The summed E-state index contributed by atoms with van der Waals surface area (Å²) >= 11 is 0. The normalized spacial score (nSPS) is 18.4. The molecule has 100 valence electrons. The molecule has 2 N–H and O–H groups in total. The standard InChI is InChI=1S/C16H26N2/c1-13(2)15-7-5-14(6-8-15)11-16(17)12-18-9-3-4-10-18/h5-8,13,16H,3-4,9-12,17H2,1-2H3. The van der Waals surface area contributed by atoms with Gasteiger partial charge in [-0.25, -0.2) is 0 Å². The van der Waals surface area contributed by atoms with Gasteiger partial charge in [0.2, 0.25) is 0 Å². The fourth-order valence-corrected chi connectivity index (χ4v) is 2.70. The Morgan fingerprint density at radius 3 is 2.28 bits per heavy atom. The molecule has 1 heterocycles. The van der Waals surface area contributed by atoms with Crippen molar-refractivity contribution in [3.05, 3.63) is 35.4 Å². The van der Waals surface area contributed by atoms with Crippen LogP contribution in [0, 0.1) is 0 Å². The lowest BCUT2D eigenvalue weighted by atomic mass is 9.99. The lowest BCUT2D eigenvalue weighted by Crippen LogP contribution is -2.37. The third kappa shape index (κ3) is 3.82. The Morgan fingerprint density at radius 1 is 1.11 bits per heavy atom. The van der Waals surface area contributed by atoms with E-state index >= 15 is 0 Å². The summed E-state index contributed by atoms with van der Waals surface area (Å²) < 4.78 is 0. The quantitative estimate of drug-likeness (QED) is 0.865. The molecule has 1 aromatic rings. The second-order valence-corrected chi connectivity index (χ2v) is 5.87. The van der Waals surface area contributed by atoms with E-state index in [4.69, 9.17) is 5.73 Å². The first kappa shape index (κ1) is 13.6. The predicted octanol–water partition coefficient (Wildman–Crippen LogP) is 2.78. The molecule has 18 heavy (non-hydrogen) atoms. The van der Waals surface area contributed by atoms with Gasteiger partial charge in [0.25, 0.3) is 0 Å². The van der Waals surface area contributed by atoms with Crippen molar-refractivity contribution in [1.29, 1.82) is 0 Å². The second-order valence-electron chi connectivity index (χ2n) is 5.87. The number of likely N-dealkylation sites (tertiary alicyclic amines) is 1. The van der Waals surface area contributed by atoms with Crippen LogP contribution >= 0.6 is 0 Å². The lowest BCUT2D eigenvalue weighted by Gasteiger charge is -2.20. The highest BCUT2D eigenvalue weighted by atomic mass is 15.1. The van der Waals surface area contributed by atoms with Crippen molar-refractivity contribution in [2.24, 2.45) is 5.73 Å². The first-order chi connectivity index (χ1) is 8.65. The molecule has 0 radical (unpaired) electrons. The van der Waals surface area contributed by atoms with Crippen LogP contribution in [0.1, 0.15) is 43.7 Å². The molecule has 0 aromatic heterocycles. The molecule has 1 unspecified atom stereocenters. The fraction of sp³-hybridized carbons (Fsp3) is 0.625. The summed E-state index contributed by atoms with van der Waals surface area (Å²) in [4.78, 5) is 2.49. The van der Waals surface area contributed by atoms with E-state index in [1.165, 1.54) is 37.1 Å². The average Bonchev–Trinajstić information content (AvgIpc) is 2.82. The van der Waals surface area contributed by atoms with E-state index in [1.54, 1.807) is 0 Å². The van der Waals surface area contributed by atoms with Gasteiger partial charge in [-0.3, -0.25) is 0 Å². The smallest absolute Gasteiger partial charge is 0.0208 e. The minimum absolute atomic E-state index is 0.271. The van der Waals surface area contributed by atoms with E-state index in [2.05, 4.69) is 43.0 Å². The monoisotopic (exact) mass is 246 g/mol. The van der Waals surface area contributed by atoms with Gasteiger partial charge < -0.3 is 10.6 Å². The molecule has 0 saturated carbocycles. The number of hydrogen-bond acceptors (Lipinski definition) is 2. The van der Waals surface area contributed by atoms with Gasteiger partial charge in [0.15, 0.2) is 0 Å². The molecule has 0 aliphatic carbocycles. The molecular weight excluding hydrogens is 220 g/mol. The van der Waals surface area contributed by atoms with Crippen molar-refractivity contribution in [2.75, 3.05) is 19.6 Å². The van der Waals surface area contributed by atoms with Crippen LogP contribution in [0.3, 0.4) is 0 Å². The summed E-state index contributed by atoms with van der Waals surface area (Å²) in [6, 6.07) is 9.22. The number of nitrogens with two attached hydrogens (primary N) is 1. The molecule has 1 saturated heterocycles. The van der Waals surface area contributed by atoms with Gasteiger partial charge >= 0.3 is 0 Å². The summed E-state index contributed by atoms with van der Waals surface area (Å²) in [5.41, 5.74) is 9.02. The molecule has 0 spiro atoms. The van der Waals surface area contributed by atoms with E-state index < -0.39 is 0 Å². The molecule has 1 aromatic carbocycles. The largest absolute Gasteiger partial charge is 0.326 e. The van der Waals surface area contributed by atoms with E-state index in [0.717, 1.165) is 13.0 Å². The molecule has 2 nitrogen and oxygen atoms in total. The number of nitrogens with zero attached hydrogens (tertiary/aromatic N) is 1. The Morgan fingerprint density at radius 2 is 1.72 bits per heavy atom. The zero-order chi connectivity index (χ0) is 13.0. The first-order valence-corrected chi connectivity index (χ1v) is 7.22. The summed E-state index contributed by atoms with van der Waals surface area (Å²) in [5, 5.41) is 0. The molecule has 0 amide bonds. The topological polar surface area (TPSA) is 29.3 Å². The predicted molar refractivity (Wildman–Crippen MR) is 77.9 cm³/mol. The third-order valence-electron chi connectivity index (χ3n) is 3.84.